The predicted octanol–water partition coefficient (Wildman–Crippen LogP) is 3.18. The van der Waals surface area contributed by atoms with Gasteiger partial charge in [-0.15, -0.1) is 0 Å². The smallest absolute Gasteiger partial charge is 0.0436 e. The van der Waals surface area contributed by atoms with E-state index in [0.717, 1.165) is 19.5 Å². The molecule has 0 radical (unpaired) electrons. The Bertz CT molecular complexity index is 402. The van der Waals surface area contributed by atoms with E-state index < -0.39 is 0 Å². The van der Waals surface area contributed by atoms with Crippen LogP contribution in [-0.2, 0) is 6.54 Å². The molecule has 1 aliphatic carbocycles. The molecule has 0 heterocycles. The molecule has 1 aromatic rings. The highest BCUT2D eigenvalue weighted by Crippen LogP contribution is 2.38. The molecule has 118 valence electrons. The van der Waals surface area contributed by atoms with E-state index in [1.54, 1.807) is 0 Å². The molecule has 1 aliphatic rings. The number of aliphatic hydroxyl groups excluding tert-OH is 1. The first-order valence-corrected chi connectivity index (χ1v) is 8.23. The standard InChI is InChI=1S/C18H30N2O/c1-20(2)17-8-6-16(7-9-17)14-19-15-18(12-13-21)10-4-3-5-11-18/h6-9,19,21H,3-5,10-15H2,1-2H3. The van der Waals surface area contributed by atoms with Crippen molar-refractivity contribution in [1.82, 2.24) is 5.32 Å². The number of aliphatic hydroxyl groups is 1. The Kier molecular flexibility index (Phi) is 6.07. The molecule has 0 unspecified atom stereocenters. The van der Waals surface area contributed by atoms with Gasteiger partial charge in [0.2, 0.25) is 0 Å². The average Bonchev–Trinajstić information content (AvgIpc) is 2.49. The lowest BCUT2D eigenvalue weighted by Crippen LogP contribution is -2.36. The zero-order chi connectivity index (χ0) is 15.1. The lowest BCUT2D eigenvalue weighted by atomic mass is 9.72. The predicted molar refractivity (Wildman–Crippen MR) is 89.7 cm³/mol. The van der Waals surface area contributed by atoms with Crippen molar-refractivity contribution < 1.29 is 5.11 Å². The molecule has 2 rings (SSSR count). The third kappa shape index (κ3) is 4.72. The average molecular weight is 290 g/mol. The van der Waals surface area contributed by atoms with Crippen LogP contribution >= 0.6 is 0 Å². The number of rotatable bonds is 7. The highest BCUT2D eigenvalue weighted by molar-refractivity contribution is 5.45. The third-order valence-electron chi connectivity index (χ3n) is 4.84. The maximum atomic E-state index is 9.35. The maximum Gasteiger partial charge on any atom is 0.0436 e. The van der Waals surface area contributed by atoms with E-state index in [9.17, 15) is 5.11 Å². The number of benzene rings is 1. The van der Waals surface area contributed by atoms with Crippen LogP contribution in [0.5, 0.6) is 0 Å². The minimum Gasteiger partial charge on any atom is -0.396 e. The molecule has 1 fully saturated rings. The summed E-state index contributed by atoms with van der Waals surface area (Å²) in [5, 5.41) is 13.0. The van der Waals surface area contributed by atoms with Crippen LogP contribution in [0, 0.1) is 5.41 Å². The molecule has 1 aromatic carbocycles. The highest BCUT2D eigenvalue weighted by atomic mass is 16.3. The fraction of sp³-hybridized carbons (Fsp3) is 0.667. The highest BCUT2D eigenvalue weighted by Gasteiger charge is 2.30. The number of hydrogen-bond donors (Lipinski definition) is 2. The van der Waals surface area contributed by atoms with E-state index in [0.29, 0.717) is 12.0 Å². The van der Waals surface area contributed by atoms with E-state index in [1.165, 1.54) is 43.4 Å². The zero-order valence-corrected chi connectivity index (χ0v) is 13.6. The Morgan fingerprint density at radius 2 is 1.76 bits per heavy atom. The first-order valence-electron chi connectivity index (χ1n) is 8.23. The summed E-state index contributed by atoms with van der Waals surface area (Å²) in [6.45, 7) is 2.27. The van der Waals surface area contributed by atoms with Crippen LogP contribution in [0.3, 0.4) is 0 Å². The zero-order valence-electron chi connectivity index (χ0n) is 13.6. The van der Waals surface area contributed by atoms with E-state index in [-0.39, 0.29) is 0 Å². The SMILES string of the molecule is CN(C)c1ccc(CNCC2(CCO)CCCCC2)cc1. The number of anilines is 1. The summed E-state index contributed by atoms with van der Waals surface area (Å²) in [7, 11) is 4.13. The van der Waals surface area contributed by atoms with Crippen LogP contribution in [-0.4, -0.2) is 32.4 Å². The van der Waals surface area contributed by atoms with Gasteiger partial charge in [-0.25, -0.2) is 0 Å². The normalized spacial score (nSPS) is 17.7. The van der Waals surface area contributed by atoms with Crippen molar-refractivity contribution in [3.63, 3.8) is 0 Å². The van der Waals surface area contributed by atoms with Gasteiger partial charge in [0.15, 0.2) is 0 Å². The van der Waals surface area contributed by atoms with E-state index in [4.69, 9.17) is 0 Å². The van der Waals surface area contributed by atoms with Crippen molar-refractivity contribution in [3.8, 4) is 0 Å². The van der Waals surface area contributed by atoms with Gasteiger partial charge in [-0.2, -0.15) is 0 Å². The van der Waals surface area contributed by atoms with E-state index in [1.807, 2.05) is 0 Å². The summed E-state index contributed by atoms with van der Waals surface area (Å²) < 4.78 is 0. The second-order valence-electron chi connectivity index (χ2n) is 6.70. The lowest BCUT2D eigenvalue weighted by molar-refractivity contribution is 0.126. The largest absolute Gasteiger partial charge is 0.396 e. The topological polar surface area (TPSA) is 35.5 Å². The van der Waals surface area contributed by atoms with Crippen molar-refractivity contribution in [2.45, 2.75) is 45.1 Å². The number of nitrogens with zero attached hydrogens (tertiary/aromatic N) is 1. The van der Waals surface area contributed by atoms with Gasteiger partial charge in [0.05, 0.1) is 0 Å². The second-order valence-corrected chi connectivity index (χ2v) is 6.70. The van der Waals surface area contributed by atoms with Crippen molar-refractivity contribution in [2.75, 3.05) is 32.1 Å². The Labute approximate surface area is 129 Å². The lowest BCUT2D eigenvalue weighted by Gasteiger charge is -2.37. The molecule has 0 atom stereocenters. The van der Waals surface area contributed by atoms with Gasteiger partial charge in [-0.3, -0.25) is 0 Å². The summed E-state index contributed by atoms with van der Waals surface area (Å²) in [5.74, 6) is 0. The fourth-order valence-corrected chi connectivity index (χ4v) is 3.44. The van der Waals surface area contributed by atoms with Crippen molar-refractivity contribution in [3.05, 3.63) is 29.8 Å². The number of hydrogen-bond acceptors (Lipinski definition) is 3. The molecule has 21 heavy (non-hydrogen) atoms. The summed E-state index contributed by atoms with van der Waals surface area (Å²) >= 11 is 0. The summed E-state index contributed by atoms with van der Waals surface area (Å²) in [6.07, 6.45) is 7.47. The Morgan fingerprint density at radius 1 is 1.10 bits per heavy atom. The van der Waals surface area contributed by atoms with Crippen LogP contribution in [0.1, 0.15) is 44.1 Å². The summed E-state index contributed by atoms with van der Waals surface area (Å²) in [6, 6.07) is 8.73. The van der Waals surface area contributed by atoms with Crippen LogP contribution in [0.4, 0.5) is 5.69 Å². The molecule has 2 N–H and O–H groups in total. The van der Waals surface area contributed by atoms with Gasteiger partial charge in [0.1, 0.15) is 0 Å². The molecule has 1 saturated carbocycles. The molecular formula is C18H30N2O. The molecule has 0 amide bonds. The summed E-state index contributed by atoms with van der Waals surface area (Å²) in [4.78, 5) is 2.12. The van der Waals surface area contributed by atoms with Crippen molar-refractivity contribution in [2.24, 2.45) is 5.41 Å². The molecule has 0 aliphatic heterocycles. The first-order chi connectivity index (χ1) is 10.2. The Morgan fingerprint density at radius 3 is 2.33 bits per heavy atom. The van der Waals surface area contributed by atoms with Gasteiger partial charge < -0.3 is 15.3 Å². The molecule has 0 spiro atoms. The molecule has 0 bridgehead atoms. The van der Waals surface area contributed by atoms with Crippen molar-refractivity contribution >= 4 is 5.69 Å². The van der Waals surface area contributed by atoms with Crippen LogP contribution < -0.4 is 10.2 Å². The minimum atomic E-state index is 0.319. The van der Waals surface area contributed by atoms with E-state index in [2.05, 4.69) is 48.6 Å². The van der Waals surface area contributed by atoms with Crippen molar-refractivity contribution in [1.29, 1.82) is 0 Å². The molecular weight excluding hydrogens is 260 g/mol. The van der Waals surface area contributed by atoms with Crippen LogP contribution in [0.2, 0.25) is 0 Å². The Balaban J connectivity index is 1.84. The molecule has 3 nitrogen and oxygen atoms in total. The monoisotopic (exact) mass is 290 g/mol. The van der Waals surface area contributed by atoms with Gasteiger partial charge in [0, 0.05) is 39.5 Å². The number of nitrogens with one attached hydrogen (secondary N) is 1. The van der Waals surface area contributed by atoms with Crippen LogP contribution in [0.15, 0.2) is 24.3 Å². The summed E-state index contributed by atoms with van der Waals surface area (Å²) in [5.41, 5.74) is 2.90. The van der Waals surface area contributed by atoms with Crippen LogP contribution in [0.25, 0.3) is 0 Å². The van der Waals surface area contributed by atoms with Gasteiger partial charge in [-0.1, -0.05) is 31.4 Å². The molecule has 0 aromatic heterocycles. The molecule has 3 heteroatoms. The Hall–Kier alpha value is -1.06. The van der Waals surface area contributed by atoms with Gasteiger partial charge >= 0.3 is 0 Å². The third-order valence-corrected chi connectivity index (χ3v) is 4.84. The van der Waals surface area contributed by atoms with E-state index >= 15 is 0 Å². The quantitative estimate of drug-likeness (QED) is 0.809. The first kappa shape index (κ1) is 16.3. The maximum absolute atomic E-state index is 9.35. The fourth-order valence-electron chi connectivity index (χ4n) is 3.44. The second kappa shape index (κ2) is 7.81. The minimum absolute atomic E-state index is 0.319. The van der Waals surface area contributed by atoms with Gasteiger partial charge in [0.25, 0.3) is 0 Å². The molecule has 0 saturated heterocycles. The van der Waals surface area contributed by atoms with Gasteiger partial charge in [-0.05, 0) is 42.4 Å².